The van der Waals surface area contributed by atoms with Crippen molar-refractivity contribution in [1.29, 1.82) is 0 Å². The van der Waals surface area contributed by atoms with Crippen LogP contribution in [0.4, 0.5) is 0 Å². The first-order chi connectivity index (χ1) is 7.84. The molecule has 0 N–H and O–H groups in total. The molecule has 0 aliphatic carbocycles. The molecule has 0 bridgehead atoms. The van der Waals surface area contributed by atoms with Crippen LogP contribution in [-0.4, -0.2) is 28.0 Å². The van der Waals surface area contributed by atoms with Crippen molar-refractivity contribution in [2.75, 3.05) is 12.9 Å². The van der Waals surface area contributed by atoms with Gasteiger partial charge >= 0.3 is 0 Å². The van der Waals surface area contributed by atoms with Gasteiger partial charge in [-0.25, -0.2) is 0 Å². The van der Waals surface area contributed by atoms with Gasteiger partial charge in [-0.2, -0.15) is 5.10 Å². The summed E-state index contributed by atoms with van der Waals surface area (Å²) in [6.45, 7) is 0. The monoisotopic (exact) mass is 229 g/mol. The van der Waals surface area contributed by atoms with E-state index < -0.39 is 0 Å². The van der Waals surface area contributed by atoms with Gasteiger partial charge in [-0.1, -0.05) is 30.0 Å². The summed E-state index contributed by atoms with van der Waals surface area (Å²) in [4.78, 5) is 4.44. The second-order valence-corrected chi connectivity index (χ2v) is 4.65. The van der Waals surface area contributed by atoms with Gasteiger partial charge in [0.15, 0.2) is 0 Å². The van der Waals surface area contributed by atoms with Crippen LogP contribution >= 0.6 is 11.8 Å². The molecule has 0 atom stereocenters. The Morgan fingerprint density at radius 1 is 1.25 bits per heavy atom. The first-order valence-corrected chi connectivity index (χ1v) is 6.10. The highest BCUT2D eigenvalue weighted by Gasteiger charge is 2.16. The van der Waals surface area contributed by atoms with Crippen molar-refractivity contribution < 1.29 is 0 Å². The summed E-state index contributed by atoms with van der Waals surface area (Å²) < 4.78 is 0. The van der Waals surface area contributed by atoms with Crippen molar-refractivity contribution in [2.45, 2.75) is 0 Å². The minimum absolute atomic E-state index is 0.915. The fourth-order valence-corrected chi connectivity index (χ4v) is 2.66. The molecule has 4 heteroatoms. The highest BCUT2D eigenvalue weighted by molar-refractivity contribution is 8.14. The Morgan fingerprint density at radius 3 is 2.94 bits per heavy atom. The molecule has 1 aromatic carbocycles. The molecule has 0 radical (unpaired) electrons. The van der Waals surface area contributed by atoms with Crippen LogP contribution in [0.15, 0.2) is 41.6 Å². The normalized spacial score (nSPS) is 15.6. The molecule has 0 amide bonds. The zero-order valence-electron chi connectivity index (χ0n) is 8.92. The molecular weight excluding hydrogens is 218 g/mol. The number of benzene rings is 1. The molecule has 80 valence electrons. The quantitative estimate of drug-likeness (QED) is 0.752. The lowest BCUT2D eigenvalue weighted by Crippen LogP contribution is -2.02. The molecule has 2 aromatic rings. The number of hydrazone groups is 1. The lowest BCUT2D eigenvalue weighted by Gasteiger charge is -2.03. The van der Waals surface area contributed by atoms with Gasteiger partial charge < -0.3 is 0 Å². The van der Waals surface area contributed by atoms with Crippen LogP contribution in [0, 0.1) is 0 Å². The largest absolute Gasteiger partial charge is 0.289 e. The summed E-state index contributed by atoms with van der Waals surface area (Å²) in [6.07, 6.45) is 1.83. The minimum Gasteiger partial charge on any atom is -0.289 e. The van der Waals surface area contributed by atoms with Crippen LogP contribution in [0.2, 0.25) is 0 Å². The van der Waals surface area contributed by atoms with E-state index in [0.29, 0.717) is 0 Å². The second kappa shape index (κ2) is 3.79. The molecule has 2 heterocycles. The first kappa shape index (κ1) is 9.66. The maximum atomic E-state index is 4.48. The van der Waals surface area contributed by atoms with E-state index in [4.69, 9.17) is 0 Å². The molecule has 16 heavy (non-hydrogen) atoms. The Bertz CT molecular complexity index is 560. The smallest absolute Gasteiger partial charge is 0.127 e. The third-order valence-electron chi connectivity index (χ3n) is 2.51. The van der Waals surface area contributed by atoms with Crippen LogP contribution in [-0.2, 0) is 0 Å². The Morgan fingerprint density at radius 2 is 2.12 bits per heavy atom. The van der Waals surface area contributed by atoms with Crippen molar-refractivity contribution in [3.05, 3.63) is 42.1 Å². The minimum atomic E-state index is 0.915. The van der Waals surface area contributed by atoms with Crippen molar-refractivity contribution in [3.8, 4) is 0 Å². The van der Waals surface area contributed by atoms with Crippen LogP contribution in [0.3, 0.4) is 0 Å². The standard InChI is InChI=1S/C12H11N3S/c1-15-8-16-12(14-15)10-6-2-4-9-5-3-7-13-11(9)10/h2-7H,8H2,1H3. The topological polar surface area (TPSA) is 28.5 Å². The summed E-state index contributed by atoms with van der Waals surface area (Å²) in [7, 11) is 1.98. The van der Waals surface area contributed by atoms with Gasteiger partial charge in [0.25, 0.3) is 0 Å². The van der Waals surface area contributed by atoms with E-state index in [0.717, 1.165) is 27.4 Å². The summed E-state index contributed by atoms with van der Waals surface area (Å²) in [6, 6.07) is 10.3. The molecule has 0 saturated carbocycles. The van der Waals surface area contributed by atoms with Gasteiger partial charge in [-0.05, 0) is 12.1 Å². The maximum Gasteiger partial charge on any atom is 0.127 e. The van der Waals surface area contributed by atoms with Crippen molar-refractivity contribution >= 4 is 27.7 Å². The second-order valence-electron chi connectivity index (χ2n) is 3.72. The van der Waals surface area contributed by atoms with Crippen molar-refractivity contribution in [3.63, 3.8) is 0 Å². The van der Waals surface area contributed by atoms with E-state index in [1.807, 2.05) is 24.3 Å². The molecule has 1 aromatic heterocycles. The number of nitrogens with zero attached hydrogens (tertiary/aromatic N) is 3. The number of hydrogen-bond acceptors (Lipinski definition) is 4. The van der Waals surface area contributed by atoms with E-state index in [1.54, 1.807) is 11.8 Å². The number of fused-ring (bicyclic) bond motifs is 1. The number of aromatic nitrogens is 1. The van der Waals surface area contributed by atoms with Gasteiger partial charge in [0, 0.05) is 24.2 Å². The Hall–Kier alpha value is -1.55. The third kappa shape index (κ3) is 1.55. The Kier molecular flexibility index (Phi) is 2.29. The zero-order chi connectivity index (χ0) is 11.0. The molecule has 1 aliphatic heterocycles. The fraction of sp³-hybridized carbons (Fsp3) is 0.167. The van der Waals surface area contributed by atoms with Crippen molar-refractivity contribution in [1.82, 2.24) is 9.99 Å². The number of hydrogen-bond donors (Lipinski definition) is 0. The Balaban J connectivity index is 2.20. The lowest BCUT2D eigenvalue weighted by atomic mass is 10.1. The van der Waals surface area contributed by atoms with Gasteiger partial charge in [0.1, 0.15) is 5.04 Å². The Labute approximate surface area is 98.2 Å². The number of pyridine rings is 1. The molecule has 0 spiro atoms. The van der Waals surface area contributed by atoms with Gasteiger partial charge in [0.05, 0.1) is 11.4 Å². The summed E-state index contributed by atoms with van der Waals surface area (Å²) in [5, 5.41) is 8.65. The van der Waals surface area contributed by atoms with Crippen molar-refractivity contribution in [2.24, 2.45) is 5.10 Å². The number of thioether (sulfide) groups is 1. The SMILES string of the molecule is CN1CSC(c2cccc3cccnc23)=N1. The zero-order valence-corrected chi connectivity index (χ0v) is 9.74. The van der Waals surface area contributed by atoms with E-state index >= 15 is 0 Å². The fourth-order valence-electron chi connectivity index (χ4n) is 1.78. The van der Waals surface area contributed by atoms with Gasteiger partial charge in [-0.3, -0.25) is 9.99 Å². The number of rotatable bonds is 1. The maximum absolute atomic E-state index is 4.48. The average Bonchev–Trinajstić information content (AvgIpc) is 2.75. The first-order valence-electron chi connectivity index (χ1n) is 5.11. The van der Waals surface area contributed by atoms with Crippen LogP contribution < -0.4 is 0 Å². The van der Waals surface area contributed by atoms with E-state index in [9.17, 15) is 0 Å². The molecule has 3 rings (SSSR count). The molecular formula is C12H11N3S. The van der Waals surface area contributed by atoms with E-state index in [1.165, 1.54) is 0 Å². The van der Waals surface area contributed by atoms with Gasteiger partial charge in [-0.15, -0.1) is 0 Å². The molecule has 0 fully saturated rings. The molecule has 3 nitrogen and oxygen atoms in total. The van der Waals surface area contributed by atoms with Crippen LogP contribution in [0.5, 0.6) is 0 Å². The highest BCUT2D eigenvalue weighted by atomic mass is 32.2. The van der Waals surface area contributed by atoms with Crippen LogP contribution in [0.25, 0.3) is 10.9 Å². The highest BCUT2D eigenvalue weighted by Crippen LogP contribution is 2.25. The van der Waals surface area contributed by atoms with E-state index in [2.05, 4.69) is 34.4 Å². The molecule has 1 aliphatic rings. The van der Waals surface area contributed by atoms with Crippen LogP contribution in [0.1, 0.15) is 5.56 Å². The third-order valence-corrected chi connectivity index (χ3v) is 3.59. The summed E-state index contributed by atoms with van der Waals surface area (Å²) in [5.74, 6) is 0.915. The summed E-state index contributed by atoms with van der Waals surface area (Å²) in [5.41, 5.74) is 2.17. The lowest BCUT2D eigenvalue weighted by molar-refractivity contribution is 0.430. The summed E-state index contributed by atoms with van der Waals surface area (Å²) >= 11 is 1.75. The average molecular weight is 229 g/mol. The van der Waals surface area contributed by atoms with E-state index in [-0.39, 0.29) is 0 Å². The van der Waals surface area contributed by atoms with Gasteiger partial charge in [0.2, 0.25) is 0 Å². The predicted molar refractivity (Wildman–Crippen MR) is 68.5 cm³/mol. The predicted octanol–water partition coefficient (Wildman–Crippen LogP) is 2.53. The molecule has 0 unspecified atom stereocenters. The number of para-hydroxylation sites is 1. The molecule has 0 saturated heterocycles.